The molecular weight excluding hydrogens is 384 g/mol. The average molecular weight is 406 g/mol. The first kappa shape index (κ1) is 22.1. The molecule has 2 atom stereocenters. The van der Waals surface area contributed by atoms with Crippen LogP contribution in [-0.2, 0) is 9.53 Å². The smallest absolute Gasteiger partial charge is 0.475 e. The minimum Gasteiger partial charge on any atom is -0.475 e. The quantitative estimate of drug-likeness (QED) is 0.724. The van der Waals surface area contributed by atoms with Crippen molar-refractivity contribution in [1.29, 1.82) is 0 Å². The molecule has 2 heterocycles. The van der Waals surface area contributed by atoms with Crippen molar-refractivity contribution in [1.82, 2.24) is 9.80 Å². The van der Waals surface area contributed by atoms with E-state index >= 15 is 0 Å². The van der Waals surface area contributed by atoms with E-state index < -0.39 is 12.1 Å². The first-order valence-electron chi connectivity index (χ1n) is 8.64. The van der Waals surface area contributed by atoms with Crippen molar-refractivity contribution in [3.63, 3.8) is 0 Å². The van der Waals surface area contributed by atoms with E-state index in [-0.39, 0.29) is 17.8 Å². The summed E-state index contributed by atoms with van der Waals surface area (Å²) < 4.78 is 50.8. The average Bonchev–Trinajstić information content (AvgIpc) is 2.88. The molecule has 0 unspecified atom stereocenters. The lowest BCUT2D eigenvalue weighted by atomic mass is 10.1. The zero-order chi connectivity index (χ0) is 21.1. The van der Waals surface area contributed by atoms with E-state index in [0.29, 0.717) is 30.1 Å². The van der Waals surface area contributed by atoms with Gasteiger partial charge in [0.25, 0.3) is 5.91 Å². The Morgan fingerprint density at radius 3 is 2.43 bits per heavy atom. The van der Waals surface area contributed by atoms with Crippen LogP contribution in [0.3, 0.4) is 0 Å². The summed E-state index contributed by atoms with van der Waals surface area (Å²) >= 11 is 0. The van der Waals surface area contributed by atoms with E-state index in [1.165, 1.54) is 12.1 Å². The molecule has 6 nitrogen and oxygen atoms in total. The summed E-state index contributed by atoms with van der Waals surface area (Å²) in [5, 5.41) is 7.12. The summed E-state index contributed by atoms with van der Waals surface area (Å²) in [6.07, 6.45) is -4.96. The van der Waals surface area contributed by atoms with Crippen LogP contribution in [0.2, 0.25) is 0 Å². The van der Waals surface area contributed by atoms with Crippen LogP contribution >= 0.6 is 0 Å². The van der Waals surface area contributed by atoms with Crippen molar-refractivity contribution in [2.75, 3.05) is 39.8 Å². The van der Waals surface area contributed by atoms with Crippen LogP contribution in [-0.4, -0.2) is 78.9 Å². The van der Waals surface area contributed by atoms with Gasteiger partial charge in [0.15, 0.2) is 0 Å². The highest BCUT2D eigenvalue weighted by Crippen LogP contribution is 2.25. The number of benzene rings is 1. The van der Waals surface area contributed by atoms with Gasteiger partial charge in [0, 0.05) is 37.7 Å². The number of nitrogens with zero attached hydrogens (tertiary/aromatic N) is 2. The molecule has 0 aromatic heterocycles. The number of carboxylic acids is 1. The molecule has 3 rings (SSSR count). The van der Waals surface area contributed by atoms with Gasteiger partial charge in [-0.3, -0.25) is 4.79 Å². The predicted molar refractivity (Wildman–Crippen MR) is 91.5 cm³/mol. The minimum atomic E-state index is -5.08. The van der Waals surface area contributed by atoms with Gasteiger partial charge in [-0.15, -0.1) is 0 Å². The molecule has 1 N–H and O–H groups in total. The molecule has 1 aromatic rings. The number of fused-ring (bicyclic) bond motifs is 1. The molecule has 0 spiro atoms. The topological polar surface area (TPSA) is 70.1 Å². The number of aryl methyl sites for hydroxylation is 1. The number of halogens is 4. The van der Waals surface area contributed by atoms with Gasteiger partial charge in [0.05, 0.1) is 12.7 Å². The van der Waals surface area contributed by atoms with Crippen molar-refractivity contribution < 1.29 is 37.0 Å². The van der Waals surface area contributed by atoms with Crippen LogP contribution < -0.4 is 0 Å². The number of ether oxygens (including phenoxy) is 1. The Morgan fingerprint density at radius 2 is 1.86 bits per heavy atom. The lowest BCUT2D eigenvalue weighted by molar-refractivity contribution is -0.192. The van der Waals surface area contributed by atoms with Crippen molar-refractivity contribution in [3.05, 3.63) is 35.1 Å². The van der Waals surface area contributed by atoms with Crippen LogP contribution in [0.5, 0.6) is 0 Å². The van der Waals surface area contributed by atoms with Crippen LogP contribution in [0.1, 0.15) is 15.9 Å². The number of alkyl halides is 3. The number of amides is 1. The van der Waals surface area contributed by atoms with Crippen molar-refractivity contribution >= 4 is 11.9 Å². The van der Waals surface area contributed by atoms with Crippen molar-refractivity contribution in [2.24, 2.45) is 5.92 Å². The Morgan fingerprint density at radius 1 is 1.21 bits per heavy atom. The van der Waals surface area contributed by atoms with Gasteiger partial charge in [-0.25, -0.2) is 9.18 Å². The number of hydrogen-bond donors (Lipinski definition) is 1. The van der Waals surface area contributed by atoms with E-state index in [0.717, 1.165) is 19.7 Å². The van der Waals surface area contributed by atoms with Gasteiger partial charge in [0.2, 0.25) is 0 Å². The largest absolute Gasteiger partial charge is 0.490 e. The van der Waals surface area contributed by atoms with Crippen LogP contribution in [0.15, 0.2) is 18.2 Å². The number of carbonyl (C=O) groups is 2. The molecule has 0 saturated carbocycles. The lowest BCUT2D eigenvalue weighted by Gasteiger charge is -2.20. The molecule has 1 amide bonds. The number of rotatable bonds is 1. The third-order valence-corrected chi connectivity index (χ3v) is 4.68. The Balaban J connectivity index is 0.000000345. The Kier molecular flexibility index (Phi) is 7.00. The highest BCUT2D eigenvalue weighted by molar-refractivity contribution is 5.95. The first-order valence-corrected chi connectivity index (χ1v) is 8.64. The standard InChI is InChI=1S/C16H21FN2O2.C2HF3O2/c1-11-7-13(17)3-4-14(11)16(20)19-9-12-8-18(2)5-6-21-15(12)10-19;3-2(4,5)1(6)7/h3-4,7,12,15H,5-6,8-10H2,1-2H3;(H,6,7)/t12-,15+;/m0./s1. The second-order valence-corrected chi connectivity index (χ2v) is 6.90. The monoisotopic (exact) mass is 406 g/mol. The zero-order valence-electron chi connectivity index (χ0n) is 15.5. The fourth-order valence-electron chi connectivity index (χ4n) is 3.26. The van der Waals surface area contributed by atoms with Crippen molar-refractivity contribution in [2.45, 2.75) is 19.2 Å². The van der Waals surface area contributed by atoms with E-state index in [9.17, 15) is 22.4 Å². The Labute approximate surface area is 159 Å². The normalized spacial score (nSPS) is 22.7. The highest BCUT2D eigenvalue weighted by atomic mass is 19.4. The molecule has 2 saturated heterocycles. The molecule has 10 heteroatoms. The number of likely N-dealkylation sites (N-methyl/N-ethyl adjacent to an activating group) is 1. The maximum absolute atomic E-state index is 13.2. The fourth-order valence-corrected chi connectivity index (χ4v) is 3.26. The van der Waals surface area contributed by atoms with Gasteiger partial charge in [0.1, 0.15) is 5.82 Å². The van der Waals surface area contributed by atoms with Gasteiger partial charge >= 0.3 is 12.1 Å². The van der Waals surface area contributed by atoms with Crippen LogP contribution in [0.4, 0.5) is 17.6 Å². The fraction of sp³-hybridized carbons (Fsp3) is 0.556. The SMILES string of the molecule is Cc1cc(F)ccc1C(=O)N1C[C@@H]2CN(C)CCO[C@@H]2C1.O=C(O)C(F)(F)F. The number of aliphatic carboxylic acids is 1. The van der Waals surface area contributed by atoms with Gasteiger partial charge < -0.3 is 19.6 Å². The molecule has 2 aliphatic rings. The van der Waals surface area contributed by atoms with E-state index in [1.54, 1.807) is 13.0 Å². The van der Waals surface area contributed by atoms with Gasteiger partial charge in [-0.1, -0.05) is 0 Å². The van der Waals surface area contributed by atoms with Crippen LogP contribution in [0.25, 0.3) is 0 Å². The molecule has 156 valence electrons. The highest BCUT2D eigenvalue weighted by Gasteiger charge is 2.39. The number of carbonyl (C=O) groups excluding carboxylic acids is 1. The third-order valence-electron chi connectivity index (χ3n) is 4.68. The second-order valence-electron chi connectivity index (χ2n) is 6.90. The molecule has 0 radical (unpaired) electrons. The third kappa shape index (κ3) is 5.65. The Bertz CT molecular complexity index is 726. The summed E-state index contributed by atoms with van der Waals surface area (Å²) in [6.45, 7) is 5.73. The summed E-state index contributed by atoms with van der Waals surface area (Å²) in [5.74, 6) is -2.72. The number of hydrogen-bond acceptors (Lipinski definition) is 4. The first-order chi connectivity index (χ1) is 13.0. The number of carboxylic acid groups (broad SMARTS) is 1. The summed E-state index contributed by atoms with van der Waals surface area (Å²) in [7, 11) is 2.08. The van der Waals surface area contributed by atoms with E-state index in [2.05, 4.69) is 11.9 Å². The molecule has 28 heavy (non-hydrogen) atoms. The minimum absolute atomic E-state index is 0.0215. The van der Waals surface area contributed by atoms with E-state index in [4.69, 9.17) is 14.6 Å². The number of likely N-dealkylation sites (tertiary alicyclic amines) is 1. The maximum atomic E-state index is 13.2. The maximum Gasteiger partial charge on any atom is 0.490 e. The summed E-state index contributed by atoms with van der Waals surface area (Å²) in [5.41, 5.74) is 1.27. The van der Waals surface area contributed by atoms with Gasteiger partial charge in [-0.05, 0) is 37.7 Å². The molecule has 2 aliphatic heterocycles. The predicted octanol–water partition coefficient (Wildman–Crippen LogP) is 2.17. The van der Waals surface area contributed by atoms with Crippen LogP contribution in [0, 0.1) is 18.7 Å². The summed E-state index contributed by atoms with van der Waals surface area (Å²) in [6, 6.07) is 4.33. The lowest BCUT2D eigenvalue weighted by Crippen LogP contribution is -2.32. The molecule has 0 bridgehead atoms. The van der Waals surface area contributed by atoms with Gasteiger partial charge in [-0.2, -0.15) is 13.2 Å². The molecule has 2 fully saturated rings. The zero-order valence-corrected chi connectivity index (χ0v) is 15.5. The molecular formula is C18H22F4N2O4. The molecule has 0 aliphatic carbocycles. The van der Waals surface area contributed by atoms with Crippen molar-refractivity contribution in [3.8, 4) is 0 Å². The molecule has 1 aromatic carbocycles. The Hall–Kier alpha value is -2.20. The summed E-state index contributed by atoms with van der Waals surface area (Å²) in [4.78, 5) is 25.6. The van der Waals surface area contributed by atoms with E-state index in [1.807, 2.05) is 4.90 Å². The second kappa shape index (κ2) is 8.87.